The van der Waals surface area contributed by atoms with Crippen molar-refractivity contribution in [3.05, 3.63) is 47.4 Å². The molecule has 0 spiro atoms. The molecule has 0 aliphatic carbocycles. The Morgan fingerprint density at radius 1 is 1.12 bits per heavy atom. The summed E-state index contributed by atoms with van der Waals surface area (Å²) in [7, 11) is 0. The lowest BCUT2D eigenvalue weighted by Gasteiger charge is -2.01. The van der Waals surface area contributed by atoms with Gasteiger partial charge in [0.25, 0.3) is 0 Å². The van der Waals surface area contributed by atoms with E-state index in [-0.39, 0.29) is 0 Å². The summed E-state index contributed by atoms with van der Waals surface area (Å²) >= 11 is 0. The number of hydrogen-bond donors (Lipinski definition) is 1. The Kier molecular flexibility index (Phi) is 3.31. The molecule has 0 atom stereocenters. The molecule has 0 radical (unpaired) electrons. The van der Waals surface area contributed by atoms with Gasteiger partial charge in [0.2, 0.25) is 5.89 Å². The van der Waals surface area contributed by atoms with Gasteiger partial charge in [-0.25, -0.2) is 4.98 Å². The fourth-order valence-corrected chi connectivity index (χ4v) is 1.38. The van der Waals surface area contributed by atoms with Crippen LogP contribution in [0.3, 0.4) is 0 Å². The minimum Gasteiger partial charge on any atom is -0.445 e. The predicted octanol–water partition coefficient (Wildman–Crippen LogP) is 1.98. The van der Waals surface area contributed by atoms with Gasteiger partial charge in [-0.2, -0.15) is 0 Å². The van der Waals surface area contributed by atoms with Crippen LogP contribution in [0.25, 0.3) is 0 Å². The maximum absolute atomic E-state index is 5.35. The zero-order chi connectivity index (χ0) is 11.4. The molecule has 0 saturated heterocycles. The Balaban J connectivity index is 1.82. The van der Waals surface area contributed by atoms with Gasteiger partial charge < -0.3 is 9.73 Å². The third-order valence-electron chi connectivity index (χ3n) is 2.22. The second kappa shape index (κ2) is 4.90. The van der Waals surface area contributed by atoms with Crippen LogP contribution in [0.15, 0.2) is 28.9 Å². The molecule has 0 aliphatic rings. The molecule has 2 aromatic heterocycles. The van der Waals surface area contributed by atoms with Gasteiger partial charge in [0.05, 0.1) is 18.4 Å². The van der Waals surface area contributed by atoms with Crippen LogP contribution in [-0.4, -0.2) is 9.97 Å². The smallest absolute Gasteiger partial charge is 0.208 e. The summed E-state index contributed by atoms with van der Waals surface area (Å²) in [5, 5.41) is 3.23. The fourth-order valence-electron chi connectivity index (χ4n) is 1.38. The summed E-state index contributed by atoms with van der Waals surface area (Å²) in [5.41, 5.74) is 2.20. The van der Waals surface area contributed by atoms with E-state index in [1.165, 1.54) is 5.56 Å². The van der Waals surface area contributed by atoms with Crippen molar-refractivity contribution in [1.82, 2.24) is 15.3 Å². The number of hydrogen-bond acceptors (Lipinski definition) is 4. The standard InChI is InChI=1S/C12H15N3O/c1-9-3-4-11(14-5-9)7-13-8-12-15-6-10(2)16-12/h3-6,13H,7-8H2,1-2H3. The Hall–Kier alpha value is -1.68. The van der Waals surface area contributed by atoms with E-state index >= 15 is 0 Å². The van der Waals surface area contributed by atoms with Crippen molar-refractivity contribution in [1.29, 1.82) is 0 Å². The maximum Gasteiger partial charge on any atom is 0.208 e. The van der Waals surface area contributed by atoms with Crippen LogP contribution < -0.4 is 5.32 Å². The number of nitrogens with zero attached hydrogens (tertiary/aromatic N) is 2. The number of nitrogens with one attached hydrogen (secondary N) is 1. The molecule has 4 nitrogen and oxygen atoms in total. The quantitative estimate of drug-likeness (QED) is 0.850. The minimum atomic E-state index is 0.628. The van der Waals surface area contributed by atoms with Crippen molar-refractivity contribution in [3.8, 4) is 0 Å². The molecule has 0 saturated carbocycles. The van der Waals surface area contributed by atoms with E-state index in [0.29, 0.717) is 12.4 Å². The number of pyridine rings is 1. The van der Waals surface area contributed by atoms with E-state index in [1.54, 1.807) is 6.20 Å². The highest BCUT2D eigenvalue weighted by Crippen LogP contribution is 2.02. The van der Waals surface area contributed by atoms with Gasteiger partial charge in [0.1, 0.15) is 5.76 Å². The number of aromatic nitrogens is 2. The molecule has 0 amide bonds. The fraction of sp³-hybridized carbons (Fsp3) is 0.333. The van der Waals surface area contributed by atoms with Crippen molar-refractivity contribution in [2.24, 2.45) is 0 Å². The van der Waals surface area contributed by atoms with Crippen molar-refractivity contribution < 1.29 is 4.42 Å². The largest absolute Gasteiger partial charge is 0.445 e. The van der Waals surface area contributed by atoms with Crippen molar-refractivity contribution in [3.63, 3.8) is 0 Å². The summed E-state index contributed by atoms with van der Waals surface area (Å²) < 4.78 is 5.35. The average Bonchev–Trinajstić information content (AvgIpc) is 2.67. The molecule has 2 rings (SSSR count). The number of aryl methyl sites for hydroxylation is 2. The van der Waals surface area contributed by atoms with Crippen LogP contribution >= 0.6 is 0 Å². The summed E-state index contributed by atoms with van der Waals surface area (Å²) in [4.78, 5) is 8.41. The molecule has 0 unspecified atom stereocenters. The lowest BCUT2D eigenvalue weighted by Crippen LogP contribution is -2.13. The van der Waals surface area contributed by atoms with Crippen LogP contribution in [0, 0.1) is 13.8 Å². The molecule has 16 heavy (non-hydrogen) atoms. The average molecular weight is 217 g/mol. The Bertz CT molecular complexity index is 448. The second-order valence-electron chi connectivity index (χ2n) is 3.80. The van der Waals surface area contributed by atoms with Gasteiger partial charge in [-0.3, -0.25) is 4.98 Å². The van der Waals surface area contributed by atoms with Gasteiger partial charge >= 0.3 is 0 Å². The molecule has 84 valence electrons. The van der Waals surface area contributed by atoms with Gasteiger partial charge in [-0.1, -0.05) is 6.07 Å². The van der Waals surface area contributed by atoms with Crippen molar-refractivity contribution in [2.75, 3.05) is 0 Å². The maximum atomic E-state index is 5.35. The van der Waals surface area contributed by atoms with Crippen LogP contribution in [-0.2, 0) is 13.1 Å². The molecule has 4 heteroatoms. The van der Waals surface area contributed by atoms with E-state index in [4.69, 9.17) is 4.42 Å². The van der Waals surface area contributed by atoms with Gasteiger partial charge in [0.15, 0.2) is 0 Å². The van der Waals surface area contributed by atoms with Gasteiger partial charge in [-0.15, -0.1) is 0 Å². The second-order valence-corrected chi connectivity index (χ2v) is 3.80. The normalized spacial score (nSPS) is 10.6. The Morgan fingerprint density at radius 2 is 2.00 bits per heavy atom. The molecular weight excluding hydrogens is 202 g/mol. The molecule has 0 bridgehead atoms. The molecule has 2 heterocycles. The third kappa shape index (κ3) is 2.90. The van der Waals surface area contributed by atoms with Gasteiger partial charge in [-0.05, 0) is 25.5 Å². The van der Waals surface area contributed by atoms with E-state index in [2.05, 4.69) is 21.4 Å². The lowest BCUT2D eigenvalue weighted by molar-refractivity contribution is 0.448. The van der Waals surface area contributed by atoms with Crippen molar-refractivity contribution >= 4 is 0 Å². The first kappa shape index (κ1) is 10.8. The van der Waals surface area contributed by atoms with E-state index < -0.39 is 0 Å². The summed E-state index contributed by atoms with van der Waals surface area (Å²) in [6.45, 7) is 5.27. The topological polar surface area (TPSA) is 51.0 Å². The first-order chi connectivity index (χ1) is 7.74. The number of rotatable bonds is 4. The Morgan fingerprint density at radius 3 is 2.62 bits per heavy atom. The van der Waals surface area contributed by atoms with E-state index in [9.17, 15) is 0 Å². The van der Waals surface area contributed by atoms with Crippen LogP contribution in [0.2, 0.25) is 0 Å². The third-order valence-corrected chi connectivity index (χ3v) is 2.22. The summed E-state index contributed by atoms with van der Waals surface area (Å²) in [5.74, 6) is 1.55. The minimum absolute atomic E-state index is 0.628. The molecule has 2 aromatic rings. The zero-order valence-electron chi connectivity index (χ0n) is 9.53. The molecule has 0 aromatic carbocycles. The SMILES string of the molecule is Cc1ccc(CNCc2ncc(C)o2)nc1. The zero-order valence-corrected chi connectivity index (χ0v) is 9.53. The van der Waals surface area contributed by atoms with Gasteiger partial charge in [0, 0.05) is 12.7 Å². The number of oxazole rings is 1. The monoisotopic (exact) mass is 217 g/mol. The molecule has 0 fully saturated rings. The van der Waals surface area contributed by atoms with Crippen molar-refractivity contribution in [2.45, 2.75) is 26.9 Å². The summed E-state index contributed by atoms with van der Waals surface area (Å²) in [6.07, 6.45) is 3.59. The first-order valence-corrected chi connectivity index (χ1v) is 5.27. The molecule has 1 N–H and O–H groups in total. The highest BCUT2D eigenvalue weighted by Gasteiger charge is 2.00. The first-order valence-electron chi connectivity index (χ1n) is 5.27. The Labute approximate surface area is 94.7 Å². The summed E-state index contributed by atoms with van der Waals surface area (Å²) in [6, 6.07) is 4.07. The predicted molar refractivity (Wildman–Crippen MR) is 60.8 cm³/mol. The lowest BCUT2D eigenvalue weighted by atomic mass is 10.3. The van der Waals surface area contributed by atoms with E-state index in [0.717, 1.165) is 18.0 Å². The highest BCUT2D eigenvalue weighted by atomic mass is 16.4. The molecular formula is C12H15N3O. The van der Waals surface area contributed by atoms with E-state index in [1.807, 2.05) is 26.1 Å². The van der Waals surface area contributed by atoms with Crippen LogP contribution in [0.4, 0.5) is 0 Å². The van der Waals surface area contributed by atoms with Crippen LogP contribution in [0.5, 0.6) is 0 Å². The van der Waals surface area contributed by atoms with Crippen LogP contribution in [0.1, 0.15) is 22.9 Å². The highest BCUT2D eigenvalue weighted by molar-refractivity contribution is 5.11. The molecule has 0 aliphatic heterocycles.